The second-order valence-electron chi connectivity index (χ2n) is 2.74. The Morgan fingerprint density at radius 1 is 1.36 bits per heavy atom. The molecule has 4 nitrogen and oxygen atoms in total. The number of nitrogens with one attached hydrogen (secondary N) is 1. The number of nitrogens with two attached hydrogens (primary N) is 1. The maximum atomic E-state index is 10.9. The van der Waals surface area contributed by atoms with Gasteiger partial charge in [0, 0.05) is 6.54 Å². The lowest BCUT2D eigenvalue weighted by Crippen LogP contribution is -2.12. The molecule has 3 N–H and O–H groups in total. The van der Waals surface area contributed by atoms with E-state index < -0.39 is 10.0 Å². The van der Waals surface area contributed by atoms with Gasteiger partial charge in [-0.1, -0.05) is 18.2 Å². The molecule has 0 heterocycles. The van der Waals surface area contributed by atoms with Gasteiger partial charge < -0.3 is 5.73 Å². The number of halogens is 1. The van der Waals surface area contributed by atoms with Gasteiger partial charge in [0.1, 0.15) is 0 Å². The van der Waals surface area contributed by atoms with E-state index in [9.17, 15) is 8.42 Å². The highest BCUT2D eigenvalue weighted by Crippen LogP contribution is 2.14. The van der Waals surface area contributed by atoms with Crippen LogP contribution in [0.4, 0.5) is 5.69 Å². The maximum absolute atomic E-state index is 10.9. The van der Waals surface area contributed by atoms with E-state index >= 15 is 0 Å². The third kappa shape index (κ3) is 3.95. The highest BCUT2D eigenvalue weighted by molar-refractivity contribution is 7.92. The topological polar surface area (TPSA) is 72.2 Å². The van der Waals surface area contributed by atoms with Crippen LogP contribution in [-0.4, -0.2) is 14.7 Å². The van der Waals surface area contributed by atoms with Crippen LogP contribution in [0.1, 0.15) is 5.56 Å². The van der Waals surface area contributed by atoms with Crippen molar-refractivity contribution in [2.45, 2.75) is 6.54 Å². The standard InChI is InChI=1S/C8H12N2O2S.ClH/c1-13(11,12)10-8-5-3-2-4-7(8)6-9;/h2-5,10H,6,9H2,1H3;1H. The molecule has 14 heavy (non-hydrogen) atoms. The van der Waals surface area contributed by atoms with E-state index in [2.05, 4.69) is 4.72 Å². The summed E-state index contributed by atoms with van der Waals surface area (Å²) in [6.07, 6.45) is 1.11. The van der Waals surface area contributed by atoms with Gasteiger partial charge in [-0.25, -0.2) is 8.42 Å². The fourth-order valence-corrected chi connectivity index (χ4v) is 1.60. The van der Waals surface area contributed by atoms with Crippen LogP contribution in [0.15, 0.2) is 24.3 Å². The van der Waals surface area contributed by atoms with Crippen molar-refractivity contribution in [3.8, 4) is 0 Å². The third-order valence-electron chi connectivity index (χ3n) is 1.53. The molecule has 80 valence electrons. The first-order valence-corrected chi connectivity index (χ1v) is 5.68. The summed E-state index contributed by atoms with van der Waals surface area (Å²) in [5.74, 6) is 0. The zero-order chi connectivity index (χ0) is 9.90. The molecule has 1 aromatic rings. The average molecular weight is 237 g/mol. The summed E-state index contributed by atoms with van der Waals surface area (Å²) in [5, 5.41) is 0. The molecule has 0 bridgehead atoms. The van der Waals surface area contributed by atoms with Crippen molar-refractivity contribution in [2.75, 3.05) is 11.0 Å². The second kappa shape index (κ2) is 5.19. The second-order valence-corrected chi connectivity index (χ2v) is 4.48. The first kappa shape index (κ1) is 13.2. The fraction of sp³-hybridized carbons (Fsp3) is 0.250. The van der Waals surface area contributed by atoms with Gasteiger partial charge in [-0.05, 0) is 11.6 Å². The van der Waals surface area contributed by atoms with E-state index in [4.69, 9.17) is 5.73 Å². The molecule has 0 aliphatic rings. The monoisotopic (exact) mass is 236 g/mol. The molecule has 0 aromatic heterocycles. The number of hydrogen-bond donors (Lipinski definition) is 2. The number of para-hydroxylation sites is 1. The third-order valence-corrected chi connectivity index (χ3v) is 2.12. The van der Waals surface area contributed by atoms with E-state index in [0.717, 1.165) is 11.8 Å². The van der Waals surface area contributed by atoms with E-state index in [1.165, 1.54) is 0 Å². The first-order chi connectivity index (χ1) is 6.03. The molecule has 0 aliphatic carbocycles. The Morgan fingerprint density at radius 3 is 2.43 bits per heavy atom. The largest absolute Gasteiger partial charge is 0.326 e. The van der Waals surface area contributed by atoms with Crippen LogP contribution in [0, 0.1) is 0 Å². The van der Waals surface area contributed by atoms with E-state index in [1.54, 1.807) is 18.2 Å². The summed E-state index contributed by atoms with van der Waals surface area (Å²) < 4.78 is 24.2. The van der Waals surface area contributed by atoms with Crippen LogP contribution < -0.4 is 10.5 Å². The van der Waals surface area contributed by atoms with Crippen LogP contribution in [-0.2, 0) is 16.6 Å². The minimum atomic E-state index is -3.22. The maximum Gasteiger partial charge on any atom is 0.229 e. The molecule has 0 aliphatic heterocycles. The molecule has 1 aromatic carbocycles. The molecule has 0 saturated carbocycles. The van der Waals surface area contributed by atoms with Crippen LogP contribution in [0.5, 0.6) is 0 Å². The van der Waals surface area contributed by atoms with Gasteiger partial charge in [-0.3, -0.25) is 4.72 Å². The molecular weight excluding hydrogens is 224 g/mol. The van der Waals surface area contributed by atoms with Crippen LogP contribution in [0.2, 0.25) is 0 Å². The Morgan fingerprint density at radius 2 is 1.93 bits per heavy atom. The van der Waals surface area contributed by atoms with Crippen LogP contribution in [0.3, 0.4) is 0 Å². The number of rotatable bonds is 3. The van der Waals surface area contributed by atoms with E-state index in [0.29, 0.717) is 12.2 Å². The minimum absolute atomic E-state index is 0. The molecule has 0 amide bonds. The van der Waals surface area contributed by atoms with Crippen molar-refractivity contribution in [3.63, 3.8) is 0 Å². The smallest absolute Gasteiger partial charge is 0.229 e. The Labute approximate surface area is 90.0 Å². The average Bonchev–Trinajstić information content (AvgIpc) is 2.02. The lowest BCUT2D eigenvalue weighted by Gasteiger charge is -2.07. The van der Waals surface area contributed by atoms with E-state index in [1.807, 2.05) is 6.07 Å². The van der Waals surface area contributed by atoms with Crippen molar-refractivity contribution >= 4 is 28.1 Å². The Kier molecular flexibility index (Phi) is 4.90. The van der Waals surface area contributed by atoms with Crippen LogP contribution >= 0.6 is 12.4 Å². The number of benzene rings is 1. The Balaban J connectivity index is 0.00000169. The van der Waals surface area contributed by atoms with Crippen molar-refractivity contribution < 1.29 is 8.42 Å². The normalized spacial score (nSPS) is 10.4. The predicted octanol–water partition coefficient (Wildman–Crippen LogP) is 0.939. The quantitative estimate of drug-likeness (QED) is 0.821. The van der Waals surface area contributed by atoms with Gasteiger partial charge in [0.15, 0.2) is 0 Å². The lowest BCUT2D eigenvalue weighted by molar-refractivity contribution is 0.606. The molecular formula is C8H13ClN2O2S. The molecule has 0 saturated heterocycles. The van der Waals surface area contributed by atoms with Crippen molar-refractivity contribution in [2.24, 2.45) is 5.73 Å². The van der Waals surface area contributed by atoms with Gasteiger partial charge in [-0.15, -0.1) is 12.4 Å². The fourth-order valence-electron chi connectivity index (χ4n) is 0.998. The van der Waals surface area contributed by atoms with Gasteiger partial charge in [-0.2, -0.15) is 0 Å². The number of anilines is 1. The predicted molar refractivity (Wildman–Crippen MR) is 60.0 cm³/mol. The zero-order valence-corrected chi connectivity index (χ0v) is 9.36. The molecule has 0 atom stereocenters. The molecule has 0 unspecified atom stereocenters. The highest BCUT2D eigenvalue weighted by Gasteiger charge is 2.04. The molecule has 6 heteroatoms. The summed E-state index contributed by atoms with van der Waals surface area (Å²) >= 11 is 0. The SMILES string of the molecule is CS(=O)(=O)Nc1ccccc1CN.Cl. The van der Waals surface area contributed by atoms with Gasteiger partial charge in [0.2, 0.25) is 10.0 Å². The Hall–Kier alpha value is -0.780. The summed E-state index contributed by atoms with van der Waals surface area (Å²) in [6, 6.07) is 7.04. The van der Waals surface area contributed by atoms with E-state index in [-0.39, 0.29) is 12.4 Å². The van der Waals surface area contributed by atoms with Crippen molar-refractivity contribution in [1.29, 1.82) is 0 Å². The minimum Gasteiger partial charge on any atom is -0.326 e. The summed E-state index contributed by atoms with van der Waals surface area (Å²) in [6.45, 7) is 0.318. The molecule has 1 rings (SSSR count). The Bertz CT molecular complexity index is 392. The molecule has 0 spiro atoms. The van der Waals surface area contributed by atoms with Gasteiger partial charge in [0.05, 0.1) is 11.9 Å². The van der Waals surface area contributed by atoms with Crippen molar-refractivity contribution in [3.05, 3.63) is 29.8 Å². The summed E-state index contributed by atoms with van der Waals surface area (Å²) in [7, 11) is -3.22. The molecule has 0 radical (unpaired) electrons. The van der Waals surface area contributed by atoms with Gasteiger partial charge in [0.25, 0.3) is 0 Å². The van der Waals surface area contributed by atoms with Crippen molar-refractivity contribution in [1.82, 2.24) is 0 Å². The lowest BCUT2D eigenvalue weighted by atomic mass is 10.2. The van der Waals surface area contributed by atoms with Crippen LogP contribution in [0.25, 0.3) is 0 Å². The van der Waals surface area contributed by atoms with Gasteiger partial charge >= 0.3 is 0 Å². The summed E-state index contributed by atoms with van der Waals surface area (Å²) in [5.41, 5.74) is 6.77. The first-order valence-electron chi connectivity index (χ1n) is 3.78. The number of sulfonamides is 1. The zero-order valence-electron chi connectivity index (χ0n) is 7.73. The summed E-state index contributed by atoms with van der Waals surface area (Å²) in [4.78, 5) is 0. The molecule has 0 fully saturated rings. The number of hydrogen-bond acceptors (Lipinski definition) is 3. The highest BCUT2D eigenvalue weighted by atomic mass is 35.5.